The number of nitrogens with zero attached hydrogens (tertiary/aromatic N) is 2. The number of carbonyl (C=O) groups excluding carboxylic acids is 1. The highest BCUT2D eigenvalue weighted by Crippen LogP contribution is 2.46. The second-order valence-corrected chi connectivity index (χ2v) is 8.19. The molecular weight excluding hydrogens is 352 g/mol. The molecule has 1 spiro atoms. The van der Waals surface area contributed by atoms with E-state index in [1.807, 2.05) is 19.1 Å². The van der Waals surface area contributed by atoms with Gasteiger partial charge >= 0.3 is 0 Å². The molecule has 6 heteroatoms. The van der Waals surface area contributed by atoms with Crippen molar-refractivity contribution in [1.82, 2.24) is 15.5 Å². The molecule has 1 heterocycles. The van der Waals surface area contributed by atoms with Gasteiger partial charge in [0.05, 0.1) is 6.04 Å². The zero-order chi connectivity index (χ0) is 20.1. The average Bonchev–Trinajstić information content (AvgIpc) is 3.10. The molecule has 1 aromatic carbocycles. The third kappa shape index (κ3) is 4.86. The van der Waals surface area contributed by atoms with Gasteiger partial charge in [0, 0.05) is 32.6 Å². The van der Waals surface area contributed by atoms with Gasteiger partial charge in [-0.2, -0.15) is 0 Å². The van der Waals surface area contributed by atoms with Crippen LogP contribution in [-0.4, -0.2) is 49.6 Å². The average molecular weight is 385 g/mol. The summed E-state index contributed by atoms with van der Waals surface area (Å²) < 4.78 is 6.44. The first-order valence-electron chi connectivity index (χ1n) is 10.1. The third-order valence-corrected chi connectivity index (χ3v) is 5.45. The summed E-state index contributed by atoms with van der Waals surface area (Å²) in [5.74, 6) is 1.56. The van der Waals surface area contributed by atoms with Gasteiger partial charge in [-0.1, -0.05) is 30.4 Å². The minimum absolute atomic E-state index is 0.0314. The Kier molecular flexibility index (Phi) is 6.27. The minimum atomic E-state index is -0.0923. The summed E-state index contributed by atoms with van der Waals surface area (Å²) >= 11 is 0. The Labute approximate surface area is 168 Å². The number of rotatable bonds is 5. The van der Waals surface area contributed by atoms with Crippen molar-refractivity contribution in [3.8, 4) is 5.75 Å². The molecule has 1 unspecified atom stereocenters. The van der Waals surface area contributed by atoms with Crippen LogP contribution in [0.2, 0.25) is 0 Å². The molecule has 1 aromatic rings. The molecule has 0 aromatic heterocycles. The molecule has 6 nitrogen and oxygen atoms in total. The van der Waals surface area contributed by atoms with Gasteiger partial charge in [0.25, 0.3) is 0 Å². The fraction of sp³-hybridized carbons (Fsp3) is 0.545. The first kappa shape index (κ1) is 20.2. The summed E-state index contributed by atoms with van der Waals surface area (Å²) in [6.45, 7) is 6.63. The number of ether oxygens (including phenoxy) is 1. The van der Waals surface area contributed by atoms with Gasteiger partial charge in [-0.05, 0) is 38.7 Å². The van der Waals surface area contributed by atoms with Crippen LogP contribution in [0.3, 0.4) is 0 Å². The van der Waals surface area contributed by atoms with E-state index in [0.29, 0.717) is 12.5 Å². The first-order valence-corrected chi connectivity index (χ1v) is 10.1. The lowest BCUT2D eigenvalue weighted by Crippen LogP contribution is -2.47. The predicted molar refractivity (Wildman–Crippen MR) is 113 cm³/mol. The van der Waals surface area contributed by atoms with E-state index in [1.54, 1.807) is 19.0 Å². The van der Waals surface area contributed by atoms with Crippen LogP contribution in [0.1, 0.15) is 50.6 Å². The van der Waals surface area contributed by atoms with E-state index in [-0.39, 0.29) is 24.1 Å². The Morgan fingerprint density at radius 3 is 2.71 bits per heavy atom. The molecule has 28 heavy (non-hydrogen) atoms. The second-order valence-electron chi connectivity index (χ2n) is 8.19. The maximum Gasteiger partial charge on any atom is 0.243 e. The van der Waals surface area contributed by atoms with Crippen LogP contribution in [0.5, 0.6) is 5.75 Å². The number of hydrogen-bond acceptors (Lipinski definition) is 3. The Bertz CT molecular complexity index is 751. The molecule has 0 radical (unpaired) electrons. The maximum absolute atomic E-state index is 12.0. The summed E-state index contributed by atoms with van der Waals surface area (Å²) in [6.07, 6.45) is 5.50. The number of hydrogen-bond donors (Lipinski definition) is 2. The number of carbonyl (C=O) groups is 1. The van der Waals surface area contributed by atoms with Crippen LogP contribution in [0.25, 0.3) is 0 Å². The molecule has 1 saturated carbocycles. The lowest BCUT2D eigenvalue weighted by atomic mass is 9.86. The number of benzene rings is 1. The summed E-state index contributed by atoms with van der Waals surface area (Å²) in [7, 11) is 3.48. The second kappa shape index (κ2) is 8.67. The van der Waals surface area contributed by atoms with E-state index in [2.05, 4.69) is 34.3 Å². The molecule has 1 fully saturated rings. The van der Waals surface area contributed by atoms with E-state index in [1.165, 1.54) is 12.8 Å². The number of guanidine groups is 1. The van der Waals surface area contributed by atoms with Crippen LogP contribution in [0.4, 0.5) is 0 Å². The van der Waals surface area contributed by atoms with Gasteiger partial charge in [-0.25, -0.2) is 4.99 Å². The van der Waals surface area contributed by atoms with Crippen molar-refractivity contribution in [2.45, 2.75) is 50.7 Å². The maximum atomic E-state index is 12.0. The molecule has 1 atom stereocenters. The molecule has 152 valence electrons. The number of nitrogens with one attached hydrogen (secondary N) is 2. The molecule has 0 saturated heterocycles. The van der Waals surface area contributed by atoms with Gasteiger partial charge < -0.3 is 20.3 Å². The van der Waals surface area contributed by atoms with Crippen molar-refractivity contribution in [2.75, 3.05) is 27.2 Å². The molecular formula is C22H32N4O2. The van der Waals surface area contributed by atoms with Crippen LogP contribution < -0.4 is 15.4 Å². The van der Waals surface area contributed by atoms with E-state index in [4.69, 9.17) is 4.74 Å². The normalized spacial score (nSPS) is 20.2. The Morgan fingerprint density at radius 1 is 1.32 bits per heavy atom. The molecule has 3 rings (SSSR count). The first-order chi connectivity index (χ1) is 13.4. The zero-order valence-electron chi connectivity index (χ0n) is 17.3. The lowest BCUT2D eigenvalue weighted by molar-refractivity contribution is -0.127. The quantitative estimate of drug-likeness (QED) is 0.465. The molecule has 2 N–H and O–H groups in total. The zero-order valence-corrected chi connectivity index (χ0v) is 17.3. The van der Waals surface area contributed by atoms with Crippen molar-refractivity contribution in [1.29, 1.82) is 0 Å². The van der Waals surface area contributed by atoms with E-state index in [9.17, 15) is 4.79 Å². The van der Waals surface area contributed by atoms with Gasteiger partial charge in [0.2, 0.25) is 5.91 Å². The van der Waals surface area contributed by atoms with Crippen molar-refractivity contribution in [3.05, 3.63) is 42.0 Å². The molecule has 1 aliphatic heterocycles. The fourth-order valence-corrected chi connectivity index (χ4v) is 3.91. The number of fused-ring (bicyclic) bond motifs is 1. The van der Waals surface area contributed by atoms with Crippen LogP contribution in [0, 0.1) is 0 Å². The van der Waals surface area contributed by atoms with Crippen LogP contribution in [-0.2, 0) is 4.79 Å². The predicted octanol–water partition coefficient (Wildman–Crippen LogP) is 3.02. The molecule has 2 aliphatic rings. The smallest absolute Gasteiger partial charge is 0.243 e. The Morgan fingerprint density at radius 2 is 2.04 bits per heavy atom. The van der Waals surface area contributed by atoms with Crippen molar-refractivity contribution < 1.29 is 9.53 Å². The van der Waals surface area contributed by atoms with Crippen molar-refractivity contribution >= 4 is 11.9 Å². The molecule has 0 bridgehead atoms. The van der Waals surface area contributed by atoms with Gasteiger partial charge in [0.1, 0.15) is 17.9 Å². The van der Waals surface area contributed by atoms with Crippen molar-refractivity contribution in [2.24, 2.45) is 4.99 Å². The standard InChI is InChI=1S/C22H32N4O2/c1-16(2)14-23-21(24-15-20(27)26(3)4)25-18-13-22(11-7-8-12-22)28-19-10-6-5-9-17(18)19/h5-6,9-10,18H,1,7-8,11-15H2,2-4H3,(H2,23,24,25). The van der Waals surface area contributed by atoms with Gasteiger partial charge in [-0.15, -0.1) is 0 Å². The number of para-hydroxylation sites is 1. The summed E-state index contributed by atoms with van der Waals surface area (Å²) in [6, 6.07) is 8.31. The highest BCUT2D eigenvalue weighted by atomic mass is 16.5. The number of amides is 1. The topological polar surface area (TPSA) is 66.0 Å². The fourth-order valence-electron chi connectivity index (χ4n) is 3.91. The highest BCUT2D eigenvalue weighted by Gasteiger charge is 2.43. The SMILES string of the molecule is C=C(C)CNC(=NCC(=O)N(C)C)NC1CC2(CCCC2)Oc2ccccc21. The number of aliphatic imine (C=N–C) groups is 1. The van der Waals surface area contributed by atoms with Crippen LogP contribution in [0.15, 0.2) is 41.4 Å². The van der Waals surface area contributed by atoms with Crippen molar-refractivity contribution in [3.63, 3.8) is 0 Å². The number of likely N-dealkylation sites (N-methyl/N-ethyl adjacent to an activating group) is 1. The van der Waals surface area contributed by atoms with Gasteiger partial charge in [-0.3, -0.25) is 4.79 Å². The summed E-state index contributed by atoms with van der Waals surface area (Å²) in [5, 5.41) is 6.86. The highest BCUT2D eigenvalue weighted by molar-refractivity contribution is 5.85. The lowest BCUT2D eigenvalue weighted by Gasteiger charge is -2.40. The summed E-state index contributed by atoms with van der Waals surface area (Å²) in [5.41, 5.74) is 2.06. The largest absolute Gasteiger partial charge is 0.487 e. The Balaban J connectivity index is 1.82. The monoisotopic (exact) mass is 384 g/mol. The van der Waals surface area contributed by atoms with E-state index >= 15 is 0 Å². The molecule has 1 aliphatic carbocycles. The molecule has 1 amide bonds. The Hall–Kier alpha value is -2.50. The van der Waals surface area contributed by atoms with Gasteiger partial charge in [0.15, 0.2) is 5.96 Å². The summed E-state index contributed by atoms with van der Waals surface area (Å²) in [4.78, 5) is 18.1. The third-order valence-electron chi connectivity index (χ3n) is 5.45. The van der Waals surface area contributed by atoms with Crippen LogP contribution >= 0.6 is 0 Å². The van der Waals surface area contributed by atoms with E-state index < -0.39 is 0 Å². The van der Waals surface area contributed by atoms with E-state index in [0.717, 1.165) is 36.1 Å². The minimum Gasteiger partial charge on any atom is -0.487 e.